The predicted octanol–water partition coefficient (Wildman–Crippen LogP) is 2.75. The van der Waals surface area contributed by atoms with Gasteiger partial charge in [-0.2, -0.15) is 5.10 Å². The smallest absolute Gasteiger partial charge is 0.244 e. The minimum Gasteiger partial charge on any atom is -0.379 e. The fraction of sp³-hybridized carbons (Fsp3) is 0.714. The van der Waals surface area contributed by atoms with E-state index in [1.807, 2.05) is 34.6 Å². The lowest BCUT2D eigenvalue weighted by Crippen LogP contribution is -2.33. The molecule has 0 spiro atoms. The van der Waals surface area contributed by atoms with Gasteiger partial charge in [-0.15, -0.1) is 0 Å². The van der Waals surface area contributed by atoms with E-state index in [1.54, 1.807) is 4.68 Å². The molecule has 114 valence electrons. The number of hydrogen-bond donors (Lipinski definition) is 1. The van der Waals surface area contributed by atoms with Crippen LogP contribution < -0.4 is 5.32 Å². The predicted molar refractivity (Wildman–Crippen MR) is 82.8 cm³/mol. The van der Waals surface area contributed by atoms with Crippen LogP contribution in [-0.2, 0) is 9.53 Å². The van der Waals surface area contributed by atoms with Crippen molar-refractivity contribution in [3.63, 3.8) is 0 Å². The molecule has 0 saturated carbocycles. The summed E-state index contributed by atoms with van der Waals surface area (Å²) in [6.07, 6.45) is 1.05. The molecule has 1 atom stereocenters. The summed E-state index contributed by atoms with van der Waals surface area (Å²) < 4.78 is 8.14. The topological polar surface area (TPSA) is 56.2 Å². The van der Waals surface area contributed by atoms with Gasteiger partial charge in [0, 0.05) is 13.2 Å². The van der Waals surface area contributed by atoms with E-state index in [0.29, 0.717) is 13.2 Å². The molecular formula is C14H24BrN3O2. The minimum absolute atomic E-state index is 0.0207. The van der Waals surface area contributed by atoms with E-state index in [0.717, 1.165) is 22.3 Å². The van der Waals surface area contributed by atoms with Crippen molar-refractivity contribution >= 4 is 21.8 Å². The van der Waals surface area contributed by atoms with Gasteiger partial charge in [-0.25, -0.2) is 0 Å². The molecule has 1 heterocycles. The van der Waals surface area contributed by atoms with Crippen LogP contribution in [-0.4, -0.2) is 34.9 Å². The number of aryl methyl sites for hydroxylation is 1. The first-order valence-electron chi connectivity index (χ1n) is 6.95. The van der Waals surface area contributed by atoms with Gasteiger partial charge in [0.25, 0.3) is 0 Å². The standard InChI is InChI=1S/C14H24BrN3O2/c1-9(2)20-8-6-7-16-14(19)12(5)18-11(4)13(15)10(3)17-18/h9,12H,6-8H2,1-5H3,(H,16,19). The zero-order valence-electron chi connectivity index (χ0n) is 12.9. The SMILES string of the molecule is Cc1nn(C(C)C(=O)NCCCOC(C)C)c(C)c1Br. The Balaban J connectivity index is 2.45. The molecular weight excluding hydrogens is 322 g/mol. The second kappa shape index (κ2) is 7.78. The molecule has 0 aliphatic rings. The Labute approximate surface area is 129 Å². The Hall–Kier alpha value is -0.880. The average Bonchev–Trinajstić information content (AvgIpc) is 2.64. The molecule has 6 heteroatoms. The van der Waals surface area contributed by atoms with E-state index in [4.69, 9.17) is 4.74 Å². The van der Waals surface area contributed by atoms with Gasteiger partial charge in [0.1, 0.15) is 6.04 Å². The third-order valence-electron chi connectivity index (χ3n) is 3.05. The maximum absolute atomic E-state index is 12.1. The van der Waals surface area contributed by atoms with Gasteiger partial charge in [-0.05, 0) is 57.0 Å². The summed E-state index contributed by atoms with van der Waals surface area (Å²) in [6.45, 7) is 11.0. The summed E-state index contributed by atoms with van der Waals surface area (Å²) in [5, 5.41) is 7.30. The van der Waals surface area contributed by atoms with Crippen LogP contribution in [0.1, 0.15) is 44.6 Å². The Kier molecular flexibility index (Phi) is 6.68. The molecule has 0 saturated heterocycles. The van der Waals surface area contributed by atoms with Gasteiger partial charge in [0.05, 0.1) is 22.0 Å². The Bertz CT molecular complexity index is 458. The number of carbonyl (C=O) groups is 1. The van der Waals surface area contributed by atoms with Crippen LogP contribution >= 0.6 is 15.9 Å². The number of aromatic nitrogens is 2. The molecule has 0 aromatic carbocycles. The molecule has 0 aliphatic carbocycles. The Morgan fingerprint density at radius 2 is 2.05 bits per heavy atom. The van der Waals surface area contributed by atoms with Crippen molar-refractivity contribution in [1.29, 1.82) is 0 Å². The Morgan fingerprint density at radius 1 is 1.40 bits per heavy atom. The number of carbonyl (C=O) groups excluding carboxylic acids is 1. The van der Waals surface area contributed by atoms with E-state index >= 15 is 0 Å². The van der Waals surface area contributed by atoms with Crippen LogP contribution in [0.15, 0.2) is 4.47 Å². The molecule has 0 bridgehead atoms. The molecule has 5 nitrogen and oxygen atoms in total. The van der Waals surface area contributed by atoms with Gasteiger partial charge in [0.15, 0.2) is 0 Å². The maximum Gasteiger partial charge on any atom is 0.244 e. The number of hydrogen-bond acceptors (Lipinski definition) is 3. The van der Waals surface area contributed by atoms with Crippen LogP contribution in [0.25, 0.3) is 0 Å². The van der Waals surface area contributed by atoms with Crippen molar-refractivity contribution < 1.29 is 9.53 Å². The van der Waals surface area contributed by atoms with Crippen molar-refractivity contribution in [2.75, 3.05) is 13.2 Å². The molecule has 1 N–H and O–H groups in total. The van der Waals surface area contributed by atoms with Crippen molar-refractivity contribution in [2.24, 2.45) is 0 Å². The zero-order chi connectivity index (χ0) is 15.3. The number of nitrogens with zero attached hydrogens (tertiary/aromatic N) is 2. The van der Waals surface area contributed by atoms with Crippen LogP contribution in [0.4, 0.5) is 0 Å². The number of ether oxygens (including phenoxy) is 1. The average molecular weight is 346 g/mol. The summed E-state index contributed by atoms with van der Waals surface area (Å²) in [4.78, 5) is 12.1. The van der Waals surface area contributed by atoms with E-state index in [-0.39, 0.29) is 18.1 Å². The monoisotopic (exact) mass is 345 g/mol. The van der Waals surface area contributed by atoms with Crippen LogP contribution in [0.3, 0.4) is 0 Å². The van der Waals surface area contributed by atoms with Gasteiger partial charge >= 0.3 is 0 Å². The van der Waals surface area contributed by atoms with Crippen molar-refractivity contribution in [1.82, 2.24) is 15.1 Å². The molecule has 1 aromatic heterocycles. The molecule has 0 aliphatic heterocycles. The van der Waals surface area contributed by atoms with E-state index in [1.165, 1.54) is 0 Å². The zero-order valence-corrected chi connectivity index (χ0v) is 14.5. The quantitative estimate of drug-likeness (QED) is 0.773. The number of amides is 1. The number of nitrogens with one attached hydrogen (secondary N) is 1. The van der Waals surface area contributed by atoms with Crippen LogP contribution in [0.2, 0.25) is 0 Å². The molecule has 20 heavy (non-hydrogen) atoms. The fourth-order valence-corrected chi connectivity index (χ4v) is 2.14. The lowest BCUT2D eigenvalue weighted by atomic mass is 10.3. The highest BCUT2D eigenvalue weighted by molar-refractivity contribution is 9.10. The Morgan fingerprint density at radius 3 is 2.55 bits per heavy atom. The van der Waals surface area contributed by atoms with Gasteiger partial charge in [0.2, 0.25) is 5.91 Å². The number of halogens is 1. The van der Waals surface area contributed by atoms with E-state index in [9.17, 15) is 4.79 Å². The fourth-order valence-electron chi connectivity index (χ4n) is 1.88. The summed E-state index contributed by atoms with van der Waals surface area (Å²) in [5.41, 5.74) is 1.86. The summed E-state index contributed by atoms with van der Waals surface area (Å²) in [6, 6.07) is -0.314. The molecule has 1 rings (SSSR count). The largest absolute Gasteiger partial charge is 0.379 e. The van der Waals surface area contributed by atoms with Gasteiger partial charge in [-0.1, -0.05) is 0 Å². The first kappa shape index (κ1) is 17.2. The number of rotatable bonds is 7. The third-order valence-corrected chi connectivity index (χ3v) is 4.20. The third kappa shape index (κ3) is 4.59. The van der Waals surface area contributed by atoms with Crippen LogP contribution in [0.5, 0.6) is 0 Å². The summed E-state index contributed by atoms with van der Waals surface area (Å²) in [7, 11) is 0. The first-order valence-corrected chi connectivity index (χ1v) is 7.74. The van der Waals surface area contributed by atoms with Crippen molar-refractivity contribution in [2.45, 2.75) is 53.2 Å². The van der Waals surface area contributed by atoms with Gasteiger partial charge in [-0.3, -0.25) is 9.48 Å². The second-order valence-corrected chi connectivity index (χ2v) is 5.96. The highest BCUT2D eigenvalue weighted by Crippen LogP contribution is 2.22. The highest BCUT2D eigenvalue weighted by Gasteiger charge is 2.19. The maximum atomic E-state index is 12.1. The molecule has 1 unspecified atom stereocenters. The van der Waals surface area contributed by atoms with Crippen LogP contribution in [0, 0.1) is 13.8 Å². The highest BCUT2D eigenvalue weighted by atomic mass is 79.9. The van der Waals surface area contributed by atoms with Crippen molar-refractivity contribution in [3.8, 4) is 0 Å². The second-order valence-electron chi connectivity index (χ2n) is 5.17. The summed E-state index contributed by atoms with van der Waals surface area (Å²) >= 11 is 3.47. The first-order chi connectivity index (χ1) is 9.34. The molecule has 0 fully saturated rings. The molecule has 1 amide bonds. The summed E-state index contributed by atoms with van der Waals surface area (Å²) in [5.74, 6) is -0.0207. The van der Waals surface area contributed by atoms with E-state index < -0.39 is 0 Å². The van der Waals surface area contributed by atoms with Gasteiger partial charge < -0.3 is 10.1 Å². The lowest BCUT2D eigenvalue weighted by molar-refractivity contribution is -0.124. The normalized spacial score (nSPS) is 12.8. The lowest BCUT2D eigenvalue weighted by Gasteiger charge is -2.15. The molecule has 1 aromatic rings. The minimum atomic E-state index is -0.314. The van der Waals surface area contributed by atoms with E-state index in [2.05, 4.69) is 26.3 Å². The van der Waals surface area contributed by atoms with Crippen molar-refractivity contribution in [3.05, 3.63) is 15.9 Å². The molecule has 0 radical (unpaired) electrons.